The van der Waals surface area contributed by atoms with Crippen molar-refractivity contribution in [2.24, 2.45) is 5.92 Å². The van der Waals surface area contributed by atoms with E-state index in [9.17, 15) is 17.6 Å². The normalized spacial score (nSPS) is 17.8. The number of nitrogens with zero attached hydrogens (tertiary/aromatic N) is 2. The highest BCUT2D eigenvalue weighted by molar-refractivity contribution is 7.89. The molecule has 2 rings (SSSR count). The average Bonchev–Trinajstić information content (AvgIpc) is 2.46. The molecule has 0 spiro atoms. The monoisotopic (exact) mass is 316 g/mol. The summed E-state index contributed by atoms with van der Waals surface area (Å²) in [6.07, 6.45) is 3.05. The fourth-order valence-electron chi connectivity index (χ4n) is 2.45. The van der Waals surface area contributed by atoms with Gasteiger partial charge in [0.25, 0.3) is 10.0 Å². The lowest BCUT2D eigenvalue weighted by Gasteiger charge is -2.30. The second kappa shape index (κ2) is 6.48. The van der Waals surface area contributed by atoms with Gasteiger partial charge in [0.15, 0.2) is 5.82 Å². The van der Waals surface area contributed by atoms with Crippen molar-refractivity contribution in [1.29, 1.82) is 0 Å². The predicted octanol–water partition coefficient (Wildman–Crippen LogP) is 1.49. The molecule has 116 valence electrons. The van der Waals surface area contributed by atoms with Gasteiger partial charge in [0.2, 0.25) is 5.03 Å². The number of piperidine rings is 1. The third-order valence-corrected chi connectivity index (χ3v) is 5.48. The topological polar surface area (TPSA) is 87.6 Å². The fourth-order valence-corrected chi connectivity index (χ4v) is 3.89. The van der Waals surface area contributed by atoms with Gasteiger partial charge >= 0.3 is 5.97 Å². The van der Waals surface area contributed by atoms with Crippen molar-refractivity contribution in [2.75, 3.05) is 13.1 Å². The van der Waals surface area contributed by atoms with Crippen LogP contribution < -0.4 is 0 Å². The first-order chi connectivity index (χ1) is 9.91. The number of aliphatic carboxylic acids is 1. The van der Waals surface area contributed by atoms with E-state index in [1.54, 1.807) is 0 Å². The Morgan fingerprint density at radius 1 is 1.43 bits per heavy atom. The summed E-state index contributed by atoms with van der Waals surface area (Å²) in [5, 5.41) is 8.10. The number of carboxylic acid groups (broad SMARTS) is 1. The molecule has 1 fully saturated rings. The van der Waals surface area contributed by atoms with E-state index in [1.807, 2.05) is 0 Å². The van der Waals surface area contributed by atoms with Crippen LogP contribution in [0.15, 0.2) is 23.4 Å². The minimum atomic E-state index is -3.92. The summed E-state index contributed by atoms with van der Waals surface area (Å²) in [5.41, 5.74) is 0. The zero-order chi connectivity index (χ0) is 15.5. The Kier molecular flexibility index (Phi) is 4.89. The van der Waals surface area contributed by atoms with Crippen molar-refractivity contribution in [1.82, 2.24) is 9.29 Å². The molecule has 2 heterocycles. The SMILES string of the molecule is O=C(O)CCC1CCN(S(=O)(=O)c2ncccc2F)CC1. The highest BCUT2D eigenvalue weighted by Crippen LogP contribution is 2.26. The molecular formula is C13H17FN2O4S. The van der Waals surface area contributed by atoms with Crippen LogP contribution in [0.4, 0.5) is 4.39 Å². The summed E-state index contributed by atoms with van der Waals surface area (Å²) in [5.74, 6) is -1.51. The first-order valence-corrected chi connectivity index (χ1v) is 8.17. The van der Waals surface area contributed by atoms with E-state index < -0.39 is 26.8 Å². The molecular weight excluding hydrogens is 299 g/mol. The second-order valence-electron chi connectivity index (χ2n) is 5.07. The summed E-state index contributed by atoms with van der Waals surface area (Å²) in [4.78, 5) is 14.2. The van der Waals surface area contributed by atoms with Crippen molar-refractivity contribution in [3.63, 3.8) is 0 Å². The van der Waals surface area contributed by atoms with Gasteiger partial charge in [0, 0.05) is 25.7 Å². The lowest BCUT2D eigenvalue weighted by Crippen LogP contribution is -2.39. The van der Waals surface area contributed by atoms with Crippen LogP contribution in [-0.2, 0) is 14.8 Å². The van der Waals surface area contributed by atoms with Crippen molar-refractivity contribution in [3.8, 4) is 0 Å². The Morgan fingerprint density at radius 2 is 2.10 bits per heavy atom. The molecule has 0 saturated carbocycles. The molecule has 0 atom stereocenters. The average molecular weight is 316 g/mol. The molecule has 0 amide bonds. The molecule has 21 heavy (non-hydrogen) atoms. The zero-order valence-corrected chi connectivity index (χ0v) is 12.2. The third-order valence-electron chi connectivity index (χ3n) is 3.65. The van der Waals surface area contributed by atoms with Crippen LogP contribution in [0.25, 0.3) is 0 Å². The minimum Gasteiger partial charge on any atom is -0.481 e. The second-order valence-corrected chi connectivity index (χ2v) is 6.92. The Bertz CT molecular complexity index is 612. The van der Waals surface area contributed by atoms with E-state index in [2.05, 4.69) is 4.98 Å². The molecule has 1 aromatic rings. The smallest absolute Gasteiger partial charge is 0.303 e. The summed E-state index contributed by atoms with van der Waals surface area (Å²) in [6.45, 7) is 0.533. The van der Waals surface area contributed by atoms with E-state index in [1.165, 1.54) is 16.6 Å². The number of rotatable bonds is 5. The first kappa shape index (κ1) is 15.8. The van der Waals surface area contributed by atoms with Gasteiger partial charge in [0.1, 0.15) is 0 Å². The standard InChI is InChI=1S/C13H17FN2O4S/c14-11-2-1-7-15-13(11)21(19,20)16-8-5-10(6-9-16)3-4-12(17)18/h1-2,7,10H,3-6,8-9H2,(H,17,18). The van der Waals surface area contributed by atoms with Gasteiger partial charge in [-0.05, 0) is 37.3 Å². The van der Waals surface area contributed by atoms with Crippen molar-refractivity contribution in [2.45, 2.75) is 30.7 Å². The number of hydrogen-bond donors (Lipinski definition) is 1. The van der Waals surface area contributed by atoms with Crippen LogP contribution in [0.2, 0.25) is 0 Å². The maximum absolute atomic E-state index is 13.6. The molecule has 1 N–H and O–H groups in total. The molecule has 0 aliphatic carbocycles. The molecule has 1 aromatic heterocycles. The highest BCUT2D eigenvalue weighted by atomic mass is 32.2. The molecule has 8 heteroatoms. The van der Waals surface area contributed by atoms with Gasteiger partial charge in [-0.25, -0.2) is 17.8 Å². The maximum Gasteiger partial charge on any atom is 0.303 e. The Balaban J connectivity index is 2.01. The van der Waals surface area contributed by atoms with E-state index in [4.69, 9.17) is 5.11 Å². The quantitative estimate of drug-likeness (QED) is 0.889. The van der Waals surface area contributed by atoms with Crippen molar-refractivity contribution < 1.29 is 22.7 Å². The number of pyridine rings is 1. The summed E-state index contributed by atoms with van der Waals surface area (Å²) in [6, 6.07) is 2.41. The summed E-state index contributed by atoms with van der Waals surface area (Å²) >= 11 is 0. The van der Waals surface area contributed by atoms with Crippen LogP contribution in [0, 0.1) is 11.7 Å². The zero-order valence-electron chi connectivity index (χ0n) is 11.4. The molecule has 1 aliphatic heterocycles. The van der Waals surface area contributed by atoms with E-state index >= 15 is 0 Å². The largest absolute Gasteiger partial charge is 0.481 e. The Labute approximate surface area is 122 Å². The third kappa shape index (κ3) is 3.76. The molecule has 6 nitrogen and oxygen atoms in total. The van der Waals surface area contributed by atoms with E-state index in [-0.39, 0.29) is 25.4 Å². The van der Waals surface area contributed by atoms with Crippen LogP contribution in [0.5, 0.6) is 0 Å². The Morgan fingerprint density at radius 3 is 2.67 bits per heavy atom. The lowest BCUT2D eigenvalue weighted by molar-refractivity contribution is -0.137. The lowest BCUT2D eigenvalue weighted by atomic mass is 9.93. The van der Waals surface area contributed by atoms with Crippen molar-refractivity contribution >= 4 is 16.0 Å². The number of carbonyl (C=O) groups is 1. The predicted molar refractivity (Wildman–Crippen MR) is 72.5 cm³/mol. The summed E-state index contributed by atoms with van der Waals surface area (Å²) < 4.78 is 39.4. The van der Waals surface area contributed by atoms with Crippen LogP contribution in [0.3, 0.4) is 0 Å². The van der Waals surface area contributed by atoms with Crippen molar-refractivity contribution in [3.05, 3.63) is 24.1 Å². The number of carboxylic acids is 1. The first-order valence-electron chi connectivity index (χ1n) is 6.73. The van der Waals surface area contributed by atoms with Gasteiger partial charge < -0.3 is 5.11 Å². The van der Waals surface area contributed by atoms with Gasteiger partial charge in [-0.3, -0.25) is 4.79 Å². The van der Waals surface area contributed by atoms with Crippen LogP contribution in [0.1, 0.15) is 25.7 Å². The number of hydrogen-bond acceptors (Lipinski definition) is 4. The highest BCUT2D eigenvalue weighted by Gasteiger charge is 2.32. The molecule has 0 aromatic carbocycles. The number of halogens is 1. The van der Waals surface area contributed by atoms with Gasteiger partial charge in [-0.2, -0.15) is 4.31 Å². The molecule has 0 unspecified atom stereocenters. The van der Waals surface area contributed by atoms with Gasteiger partial charge in [0.05, 0.1) is 0 Å². The summed E-state index contributed by atoms with van der Waals surface area (Å²) in [7, 11) is -3.92. The molecule has 1 aliphatic rings. The number of aromatic nitrogens is 1. The Hall–Kier alpha value is -1.54. The fraction of sp³-hybridized carbons (Fsp3) is 0.538. The minimum absolute atomic E-state index is 0.0896. The van der Waals surface area contributed by atoms with Crippen LogP contribution in [-0.4, -0.2) is 41.9 Å². The van der Waals surface area contributed by atoms with E-state index in [0.717, 1.165) is 6.07 Å². The molecule has 0 bridgehead atoms. The van der Waals surface area contributed by atoms with Gasteiger partial charge in [-0.1, -0.05) is 0 Å². The molecule has 0 radical (unpaired) electrons. The van der Waals surface area contributed by atoms with E-state index in [0.29, 0.717) is 19.3 Å². The number of sulfonamides is 1. The molecule has 1 saturated heterocycles. The maximum atomic E-state index is 13.6. The van der Waals surface area contributed by atoms with Gasteiger partial charge in [-0.15, -0.1) is 0 Å². The van der Waals surface area contributed by atoms with Crippen LogP contribution >= 0.6 is 0 Å².